The second-order valence-corrected chi connectivity index (χ2v) is 11.5. The van der Waals surface area contributed by atoms with Crippen LogP contribution in [0.1, 0.15) is 108 Å². The Morgan fingerprint density at radius 3 is 2.16 bits per heavy atom. The Morgan fingerprint density at radius 1 is 0.921 bits per heavy atom. The molecular weight excluding hydrogens is 513 g/mol. The van der Waals surface area contributed by atoms with Crippen LogP contribution in [0, 0.1) is 0 Å². The SMILES string of the molecule is CC(C)n1cc(B2OC(C)(C)C(C)(CCC(C)n3nc(C(F)(F)F)c4c3CCCCC4)O2)c(C(F)(F)F)n1. The summed E-state index contributed by atoms with van der Waals surface area (Å²) in [5, 5.41) is 7.75. The van der Waals surface area contributed by atoms with Crippen molar-refractivity contribution < 1.29 is 35.7 Å². The first-order chi connectivity index (χ1) is 17.4. The van der Waals surface area contributed by atoms with Gasteiger partial charge in [-0.3, -0.25) is 9.36 Å². The van der Waals surface area contributed by atoms with Gasteiger partial charge in [0.1, 0.15) is 0 Å². The Balaban J connectivity index is 1.57. The summed E-state index contributed by atoms with van der Waals surface area (Å²) in [7, 11) is -1.28. The van der Waals surface area contributed by atoms with Crippen molar-refractivity contribution in [3.05, 3.63) is 28.8 Å². The number of hydrogen-bond donors (Lipinski definition) is 0. The fourth-order valence-electron chi connectivity index (χ4n) is 5.35. The first kappa shape index (κ1) is 29.0. The molecule has 2 aliphatic rings. The molecular formula is C25H35BF6N4O2. The standard InChI is InChI=1S/C25H35BF6N4O2/c1-15(2)35-14-18(21(33-35)25(30,31)32)26-37-22(4,5)23(6,38-26)13-12-16(3)36-19-11-9-7-8-10-17(19)20(34-36)24(27,28)29/h14-16H,7-13H2,1-6H3. The summed E-state index contributed by atoms with van der Waals surface area (Å²) in [6.07, 6.45) is -3.91. The van der Waals surface area contributed by atoms with Crippen LogP contribution < -0.4 is 5.46 Å². The molecule has 2 aromatic heterocycles. The average Bonchev–Trinajstić information content (AvgIpc) is 3.40. The lowest BCUT2D eigenvalue weighted by molar-refractivity contribution is -0.142. The molecule has 2 unspecified atom stereocenters. The van der Waals surface area contributed by atoms with Crippen LogP contribution in [0.4, 0.5) is 26.3 Å². The van der Waals surface area contributed by atoms with Gasteiger partial charge in [0.15, 0.2) is 11.4 Å². The minimum atomic E-state index is -4.69. The summed E-state index contributed by atoms with van der Waals surface area (Å²) in [4.78, 5) is 0. The summed E-state index contributed by atoms with van der Waals surface area (Å²) in [5.41, 5.74) is -3.12. The van der Waals surface area contributed by atoms with Gasteiger partial charge in [-0.05, 0) is 80.1 Å². The predicted octanol–water partition coefficient (Wildman–Crippen LogP) is 6.29. The zero-order valence-corrected chi connectivity index (χ0v) is 22.6. The highest BCUT2D eigenvalue weighted by Crippen LogP contribution is 2.43. The Labute approximate surface area is 219 Å². The zero-order valence-electron chi connectivity index (χ0n) is 22.6. The van der Waals surface area contributed by atoms with E-state index in [2.05, 4.69) is 10.2 Å². The molecule has 3 heterocycles. The van der Waals surface area contributed by atoms with Crippen molar-refractivity contribution >= 4 is 12.6 Å². The van der Waals surface area contributed by atoms with Crippen molar-refractivity contribution in [2.24, 2.45) is 0 Å². The second kappa shape index (κ2) is 9.87. The summed E-state index contributed by atoms with van der Waals surface area (Å²) in [5.74, 6) is 0. The van der Waals surface area contributed by atoms with Crippen LogP contribution in [0.25, 0.3) is 0 Å². The maximum atomic E-state index is 13.8. The lowest BCUT2D eigenvalue weighted by atomic mass is 9.79. The lowest BCUT2D eigenvalue weighted by Crippen LogP contribution is -2.45. The number of halogens is 6. The van der Waals surface area contributed by atoms with Gasteiger partial charge >= 0.3 is 19.5 Å². The van der Waals surface area contributed by atoms with Crippen LogP contribution in [-0.2, 0) is 34.5 Å². The molecule has 6 nitrogen and oxygen atoms in total. The third kappa shape index (κ3) is 5.37. The molecule has 0 radical (unpaired) electrons. The van der Waals surface area contributed by atoms with Crippen LogP contribution in [0.15, 0.2) is 6.20 Å². The van der Waals surface area contributed by atoms with Crippen molar-refractivity contribution in [2.45, 2.75) is 122 Å². The summed E-state index contributed by atoms with van der Waals surface area (Å²) < 4.78 is 97.5. The molecule has 0 spiro atoms. The fraction of sp³-hybridized carbons (Fsp3) is 0.760. The van der Waals surface area contributed by atoms with E-state index in [1.165, 1.54) is 15.6 Å². The van der Waals surface area contributed by atoms with Crippen molar-refractivity contribution in [1.29, 1.82) is 0 Å². The normalized spacial score (nSPS) is 23.1. The van der Waals surface area contributed by atoms with Gasteiger partial charge in [-0.1, -0.05) is 6.42 Å². The molecule has 38 heavy (non-hydrogen) atoms. The molecule has 0 aromatic carbocycles. The van der Waals surface area contributed by atoms with Gasteiger partial charge in [0.25, 0.3) is 0 Å². The quantitative estimate of drug-likeness (QED) is 0.242. The molecule has 4 rings (SSSR count). The van der Waals surface area contributed by atoms with Crippen LogP contribution in [-0.4, -0.2) is 37.9 Å². The summed E-state index contributed by atoms with van der Waals surface area (Å²) in [6, 6.07) is -0.667. The molecule has 212 valence electrons. The zero-order chi connectivity index (χ0) is 28.3. The molecule has 0 N–H and O–H groups in total. The average molecular weight is 548 g/mol. The molecule has 0 bridgehead atoms. The van der Waals surface area contributed by atoms with E-state index in [1.807, 2.05) is 6.92 Å². The number of aromatic nitrogens is 4. The summed E-state index contributed by atoms with van der Waals surface area (Å²) in [6.45, 7) is 10.5. The van der Waals surface area contributed by atoms with E-state index in [4.69, 9.17) is 9.31 Å². The number of alkyl halides is 6. The highest BCUT2D eigenvalue weighted by molar-refractivity contribution is 6.62. The lowest BCUT2D eigenvalue weighted by Gasteiger charge is -2.37. The molecule has 1 fully saturated rings. The Morgan fingerprint density at radius 2 is 1.55 bits per heavy atom. The second-order valence-electron chi connectivity index (χ2n) is 11.5. The van der Waals surface area contributed by atoms with E-state index in [9.17, 15) is 26.3 Å². The highest BCUT2D eigenvalue weighted by Gasteiger charge is 2.57. The predicted molar refractivity (Wildman–Crippen MR) is 130 cm³/mol. The minimum Gasteiger partial charge on any atom is -0.399 e. The van der Waals surface area contributed by atoms with E-state index in [0.29, 0.717) is 37.8 Å². The van der Waals surface area contributed by atoms with Gasteiger partial charge in [-0.2, -0.15) is 36.5 Å². The molecule has 0 amide bonds. The largest absolute Gasteiger partial charge is 0.498 e. The molecule has 1 aliphatic carbocycles. The van der Waals surface area contributed by atoms with Crippen LogP contribution in [0.3, 0.4) is 0 Å². The van der Waals surface area contributed by atoms with E-state index in [0.717, 1.165) is 12.8 Å². The van der Waals surface area contributed by atoms with E-state index in [1.54, 1.807) is 34.6 Å². The smallest absolute Gasteiger partial charge is 0.399 e. The number of rotatable bonds is 6. The minimum absolute atomic E-state index is 0.191. The molecule has 1 saturated heterocycles. The van der Waals surface area contributed by atoms with Crippen LogP contribution in [0.5, 0.6) is 0 Å². The van der Waals surface area contributed by atoms with Crippen molar-refractivity contribution in [1.82, 2.24) is 19.6 Å². The Hall–Kier alpha value is -2.02. The number of fused-ring (bicyclic) bond motifs is 1. The van der Waals surface area contributed by atoms with Crippen molar-refractivity contribution in [2.75, 3.05) is 0 Å². The van der Waals surface area contributed by atoms with Gasteiger partial charge in [-0.15, -0.1) is 0 Å². The third-order valence-electron chi connectivity index (χ3n) is 8.04. The first-order valence-corrected chi connectivity index (χ1v) is 13.1. The van der Waals surface area contributed by atoms with Crippen LogP contribution >= 0.6 is 0 Å². The number of hydrogen-bond acceptors (Lipinski definition) is 4. The topological polar surface area (TPSA) is 54.1 Å². The van der Waals surface area contributed by atoms with Crippen molar-refractivity contribution in [3.8, 4) is 0 Å². The van der Waals surface area contributed by atoms with Crippen LogP contribution in [0.2, 0.25) is 0 Å². The van der Waals surface area contributed by atoms with E-state index in [-0.39, 0.29) is 23.1 Å². The summed E-state index contributed by atoms with van der Waals surface area (Å²) >= 11 is 0. The van der Waals surface area contributed by atoms with E-state index >= 15 is 0 Å². The van der Waals surface area contributed by atoms with Crippen molar-refractivity contribution in [3.63, 3.8) is 0 Å². The number of nitrogens with zero attached hydrogens (tertiary/aromatic N) is 4. The molecule has 2 atom stereocenters. The molecule has 2 aromatic rings. The monoisotopic (exact) mass is 548 g/mol. The Bertz CT molecular complexity index is 1160. The maximum absolute atomic E-state index is 13.8. The first-order valence-electron chi connectivity index (χ1n) is 13.1. The maximum Gasteiger partial charge on any atom is 0.498 e. The van der Waals surface area contributed by atoms with Gasteiger partial charge < -0.3 is 9.31 Å². The van der Waals surface area contributed by atoms with Gasteiger partial charge in [0.05, 0.1) is 11.2 Å². The third-order valence-corrected chi connectivity index (χ3v) is 8.04. The van der Waals surface area contributed by atoms with Gasteiger partial charge in [0, 0.05) is 35.0 Å². The van der Waals surface area contributed by atoms with Gasteiger partial charge in [0.2, 0.25) is 0 Å². The molecule has 1 aliphatic heterocycles. The fourth-order valence-corrected chi connectivity index (χ4v) is 5.35. The van der Waals surface area contributed by atoms with E-state index < -0.39 is 42.1 Å². The Kier molecular flexibility index (Phi) is 7.53. The highest BCUT2D eigenvalue weighted by atomic mass is 19.4. The molecule has 13 heteroatoms. The molecule has 0 saturated carbocycles. The van der Waals surface area contributed by atoms with Gasteiger partial charge in [-0.25, -0.2) is 0 Å².